The van der Waals surface area contributed by atoms with E-state index in [0.29, 0.717) is 6.61 Å². The Morgan fingerprint density at radius 3 is 2.63 bits per heavy atom. The zero-order valence-corrected chi connectivity index (χ0v) is 16.2. The molecule has 0 amide bonds. The van der Waals surface area contributed by atoms with Gasteiger partial charge in [-0.2, -0.15) is 0 Å². The second kappa shape index (κ2) is 8.73. The Hall–Kier alpha value is -2.79. The summed E-state index contributed by atoms with van der Waals surface area (Å²) in [5.41, 5.74) is 4.76. The number of hydrogen-bond acceptors (Lipinski definition) is 4. The summed E-state index contributed by atoms with van der Waals surface area (Å²) in [6.07, 6.45) is 2.81. The molecule has 1 heterocycles. The molecule has 0 bridgehead atoms. The van der Waals surface area contributed by atoms with Crippen molar-refractivity contribution in [1.82, 2.24) is 4.98 Å². The number of nitrogens with one attached hydrogen (secondary N) is 1. The van der Waals surface area contributed by atoms with E-state index in [2.05, 4.69) is 33.9 Å². The number of methoxy groups -OCH3 is 1. The van der Waals surface area contributed by atoms with Crippen LogP contribution >= 0.6 is 0 Å². The molecular weight excluding hydrogens is 338 g/mol. The number of aryl methyl sites for hydroxylation is 1. The number of aromatic amines is 1. The fraction of sp³-hybridized carbons (Fsp3) is 0.318. The van der Waals surface area contributed by atoms with Crippen LogP contribution in [0.1, 0.15) is 24.5 Å². The molecule has 0 saturated carbocycles. The van der Waals surface area contributed by atoms with E-state index in [1.807, 2.05) is 37.3 Å². The van der Waals surface area contributed by atoms with E-state index >= 15 is 0 Å². The third-order valence-electron chi connectivity index (χ3n) is 4.67. The standard InChI is InChI=1S/C22H27N3O2/c1-4-12-25(13-14-27-3)18-10-8-17(9-11-18)23-15-19-21-16(2)6-5-7-20(21)24-22(19)26/h5-11,15,24,26H,4,12-14H2,1-3H3. The van der Waals surface area contributed by atoms with Crippen LogP contribution in [0.5, 0.6) is 5.88 Å². The molecule has 2 aromatic carbocycles. The van der Waals surface area contributed by atoms with Gasteiger partial charge in [-0.3, -0.25) is 4.99 Å². The Labute approximate surface area is 160 Å². The van der Waals surface area contributed by atoms with Crippen molar-refractivity contribution in [2.75, 3.05) is 31.7 Å². The molecule has 0 atom stereocenters. The molecule has 0 aliphatic heterocycles. The molecule has 0 radical (unpaired) electrons. The van der Waals surface area contributed by atoms with E-state index in [1.54, 1.807) is 13.3 Å². The number of ether oxygens (including phenoxy) is 1. The average molecular weight is 365 g/mol. The van der Waals surface area contributed by atoms with E-state index in [9.17, 15) is 5.11 Å². The number of aromatic hydroxyl groups is 1. The van der Waals surface area contributed by atoms with Crippen molar-refractivity contribution in [3.8, 4) is 5.88 Å². The summed E-state index contributed by atoms with van der Waals surface area (Å²) in [5.74, 6) is 0.147. The third-order valence-corrected chi connectivity index (χ3v) is 4.67. The first-order chi connectivity index (χ1) is 13.1. The summed E-state index contributed by atoms with van der Waals surface area (Å²) in [7, 11) is 1.73. The van der Waals surface area contributed by atoms with Crippen molar-refractivity contribution in [3.63, 3.8) is 0 Å². The highest BCUT2D eigenvalue weighted by molar-refractivity contribution is 6.04. The van der Waals surface area contributed by atoms with Gasteiger partial charge in [-0.1, -0.05) is 19.1 Å². The highest BCUT2D eigenvalue weighted by atomic mass is 16.5. The molecule has 3 rings (SSSR count). The first kappa shape index (κ1) is 19.0. The Kier molecular flexibility index (Phi) is 6.14. The quantitative estimate of drug-likeness (QED) is 0.564. The number of benzene rings is 2. The van der Waals surface area contributed by atoms with Gasteiger partial charge in [-0.25, -0.2) is 0 Å². The lowest BCUT2D eigenvalue weighted by atomic mass is 10.1. The van der Waals surface area contributed by atoms with Crippen molar-refractivity contribution < 1.29 is 9.84 Å². The van der Waals surface area contributed by atoms with Crippen molar-refractivity contribution >= 4 is 28.5 Å². The monoisotopic (exact) mass is 365 g/mol. The molecule has 3 aromatic rings. The van der Waals surface area contributed by atoms with Gasteiger partial charge in [0, 0.05) is 43.0 Å². The zero-order chi connectivity index (χ0) is 19.2. The number of hydrogen-bond donors (Lipinski definition) is 2. The van der Waals surface area contributed by atoms with Crippen LogP contribution in [0.15, 0.2) is 47.5 Å². The van der Waals surface area contributed by atoms with Crippen molar-refractivity contribution in [1.29, 1.82) is 0 Å². The van der Waals surface area contributed by atoms with Gasteiger partial charge in [0.1, 0.15) is 0 Å². The third kappa shape index (κ3) is 4.31. The highest BCUT2D eigenvalue weighted by Gasteiger charge is 2.10. The van der Waals surface area contributed by atoms with Crippen LogP contribution in [0.3, 0.4) is 0 Å². The van der Waals surface area contributed by atoms with E-state index < -0.39 is 0 Å². The predicted molar refractivity (Wildman–Crippen MR) is 113 cm³/mol. The Morgan fingerprint density at radius 2 is 1.93 bits per heavy atom. The van der Waals surface area contributed by atoms with Gasteiger partial charge in [0.15, 0.2) is 5.88 Å². The number of aliphatic imine (C=N–C) groups is 1. The number of H-pyrrole nitrogens is 1. The van der Waals surface area contributed by atoms with E-state index in [-0.39, 0.29) is 5.88 Å². The summed E-state index contributed by atoms with van der Waals surface area (Å²) in [4.78, 5) is 9.88. The molecular formula is C22H27N3O2. The molecule has 27 heavy (non-hydrogen) atoms. The summed E-state index contributed by atoms with van der Waals surface area (Å²) in [6.45, 7) is 6.78. The molecule has 5 nitrogen and oxygen atoms in total. The smallest absolute Gasteiger partial charge is 0.198 e. The second-order valence-electron chi connectivity index (χ2n) is 6.64. The van der Waals surface area contributed by atoms with E-state index in [0.717, 1.165) is 47.2 Å². The fourth-order valence-electron chi connectivity index (χ4n) is 3.30. The minimum Gasteiger partial charge on any atom is -0.494 e. The molecule has 5 heteroatoms. The number of anilines is 1. The summed E-state index contributed by atoms with van der Waals surface area (Å²) in [6, 6.07) is 14.1. The van der Waals surface area contributed by atoms with Gasteiger partial charge >= 0.3 is 0 Å². The number of rotatable bonds is 8. The first-order valence-corrected chi connectivity index (χ1v) is 9.32. The van der Waals surface area contributed by atoms with Gasteiger partial charge in [0.05, 0.1) is 17.9 Å². The van der Waals surface area contributed by atoms with Crippen LogP contribution in [0.2, 0.25) is 0 Å². The SMILES string of the molecule is CCCN(CCOC)c1ccc(N=Cc2c(O)[nH]c3cccc(C)c23)cc1. The summed E-state index contributed by atoms with van der Waals surface area (Å²) >= 11 is 0. The zero-order valence-electron chi connectivity index (χ0n) is 16.2. The van der Waals surface area contributed by atoms with Gasteiger partial charge in [0.25, 0.3) is 0 Å². The van der Waals surface area contributed by atoms with Crippen molar-refractivity contribution in [2.45, 2.75) is 20.3 Å². The summed E-state index contributed by atoms with van der Waals surface area (Å²) in [5, 5.41) is 11.2. The Balaban J connectivity index is 1.81. The average Bonchev–Trinajstić information content (AvgIpc) is 3.00. The molecule has 2 N–H and O–H groups in total. The molecule has 0 spiro atoms. The first-order valence-electron chi connectivity index (χ1n) is 9.32. The van der Waals surface area contributed by atoms with Crippen LogP contribution in [-0.2, 0) is 4.74 Å². The van der Waals surface area contributed by atoms with Gasteiger partial charge in [0.2, 0.25) is 0 Å². The minimum absolute atomic E-state index is 0.147. The Bertz CT molecular complexity index is 913. The van der Waals surface area contributed by atoms with Crippen LogP contribution in [0.4, 0.5) is 11.4 Å². The van der Waals surface area contributed by atoms with E-state index in [4.69, 9.17) is 4.74 Å². The normalized spacial score (nSPS) is 11.5. The maximum atomic E-state index is 10.2. The molecule has 0 saturated heterocycles. The molecule has 1 aromatic heterocycles. The van der Waals surface area contributed by atoms with E-state index in [1.165, 1.54) is 5.69 Å². The number of fused-ring (bicyclic) bond motifs is 1. The number of aromatic nitrogens is 1. The molecule has 0 fully saturated rings. The largest absolute Gasteiger partial charge is 0.494 e. The van der Waals surface area contributed by atoms with Gasteiger partial charge < -0.3 is 19.7 Å². The Morgan fingerprint density at radius 1 is 1.15 bits per heavy atom. The lowest BCUT2D eigenvalue weighted by Crippen LogP contribution is -2.27. The fourth-order valence-corrected chi connectivity index (χ4v) is 3.30. The van der Waals surface area contributed by atoms with Crippen molar-refractivity contribution in [2.24, 2.45) is 4.99 Å². The molecule has 0 unspecified atom stereocenters. The molecule has 0 aliphatic carbocycles. The molecule has 142 valence electrons. The summed E-state index contributed by atoms with van der Waals surface area (Å²) < 4.78 is 5.21. The van der Waals surface area contributed by atoms with Crippen LogP contribution in [0.25, 0.3) is 10.9 Å². The maximum Gasteiger partial charge on any atom is 0.198 e. The van der Waals surface area contributed by atoms with Gasteiger partial charge in [-0.15, -0.1) is 0 Å². The highest BCUT2D eigenvalue weighted by Crippen LogP contribution is 2.29. The topological polar surface area (TPSA) is 60.9 Å². The second-order valence-corrected chi connectivity index (χ2v) is 6.64. The lowest BCUT2D eigenvalue weighted by Gasteiger charge is -2.24. The van der Waals surface area contributed by atoms with Crippen molar-refractivity contribution in [3.05, 3.63) is 53.6 Å². The lowest BCUT2D eigenvalue weighted by molar-refractivity contribution is 0.205. The van der Waals surface area contributed by atoms with Crippen LogP contribution in [0, 0.1) is 6.92 Å². The van der Waals surface area contributed by atoms with Gasteiger partial charge in [-0.05, 0) is 49.2 Å². The maximum absolute atomic E-state index is 10.2. The van der Waals surface area contributed by atoms with Crippen LogP contribution in [-0.4, -0.2) is 43.1 Å². The predicted octanol–water partition coefficient (Wildman–Crippen LogP) is 4.80. The minimum atomic E-state index is 0.147. The number of nitrogens with zero attached hydrogens (tertiary/aromatic N) is 2. The molecule has 0 aliphatic rings. The van der Waals surface area contributed by atoms with Crippen LogP contribution < -0.4 is 4.90 Å².